The Labute approximate surface area is 179 Å². The summed E-state index contributed by atoms with van der Waals surface area (Å²) in [5.41, 5.74) is 0.315. The number of ether oxygens (including phenoxy) is 1. The van der Waals surface area contributed by atoms with Gasteiger partial charge in [0.25, 0.3) is 0 Å². The van der Waals surface area contributed by atoms with Crippen LogP contribution >= 0.6 is 0 Å². The molecule has 1 aromatic rings. The number of aromatic carboxylic acids is 1. The maximum absolute atomic E-state index is 11.4. The summed E-state index contributed by atoms with van der Waals surface area (Å²) in [7, 11) is 3.74. The van der Waals surface area contributed by atoms with Crippen LogP contribution in [0, 0.1) is 0 Å². The van der Waals surface area contributed by atoms with Crippen molar-refractivity contribution in [3.8, 4) is 11.5 Å². The molecule has 7 nitrogen and oxygen atoms in total. The molecule has 0 saturated heterocycles. The number of nitrogens with zero attached hydrogens (tertiary/aromatic N) is 1. The number of hydrogen-bond acceptors (Lipinski definition) is 7. The van der Waals surface area contributed by atoms with E-state index < -0.39 is 12.7 Å². The fourth-order valence-electron chi connectivity index (χ4n) is 2.18. The Hall–Kier alpha value is 0.235. The third-order valence-corrected chi connectivity index (χ3v) is 3.30. The first-order chi connectivity index (χ1) is 9.80. The van der Waals surface area contributed by atoms with Crippen LogP contribution in [0.15, 0.2) is 12.1 Å². The normalized spacial score (nSPS) is 14.8. The second-order valence-corrected chi connectivity index (χ2v) is 5.38. The minimum absolute atomic E-state index is 0. The van der Waals surface area contributed by atoms with Crippen LogP contribution in [-0.4, -0.2) is 54.9 Å². The summed E-state index contributed by atoms with van der Waals surface area (Å²) < 4.78 is 10.5. The Kier molecular flexibility index (Phi) is 9.75. The fraction of sp³-hybridized carbons (Fsp3) is 0.462. The first-order valence-electron chi connectivity index (χ1n) is 6.74. The number of hydrogen-bond donors (Lipinski definition) is 2. The van der Waals surface area contributed by atoms with E-state index in [1.807, 2.05) is 19.0 Å². The zero-order valence-electron chi connectivity index (χ0n) is 14.0. The van der Waals surface area contributed by atoms with Crippen molar-refractivity contribution < 1.29 is 88.5 Å². The summed E-state index contributed by atoms with van der Waals surface area (Å²) in [6.07, 6.45) is 0.348. The minimum atomic E-state index is -3.04. The van der Waals surface area contributed by atoms with Gasteiger partial charge in [-0.05, 0) is 32.1 Å². The molecular weight excluding hydrogens is 323 g/mol. The Morgan fingerprint density at radius 1 is 1.39 bits per heavy atom. The van der Waals surface area contributed by atoms with Gasteiger partial charge in [0, 0.05) is 6.54 Å². The number of rotatable bonds is 5. The number of carbonyl (C=O) groups excluding carboxylic acids is 1. The number of benzene rings is 1. The van der Waals surface area contributed by atoms with Crippen LogP contribution in [0.5, 0.6) is 11.5 Å². The standard InChI is InChI=1S/C13H19BNO6.2Na/c1-15(2)7-8-20-10-4-3-9-5-6-14(18,19)21-12(9)11(10)13(16)17;;/h3-4,18-19H,5-8H2,1-2H3,(H,16,17);;/q-1;2*+1/p-1. The summed E-state index contributed by atoms with van der Waals surface area (Å²) in [6, 6.07) is 3.20. The Morgan fingerprint density at radius 2 is 2.04 bits per heavy atom. The number of likely N-dealkylation sites (N-methyl/N-ethyl adjacent to an activating group) is 1. The summed E-state index contributed by atoms with van der Waals surface area (Å²) >= 11 is 0. The summed E-state index contributed by atoms with van der Waals surface area (Å²) in [5.74, 6) is -1.45. The largest absolute Gasteiger partial charge is 1.00 e. The maximum Gasteiger partial charge on any atom is 1.00 e. The van der Waals surface area contributed by atoms with E-state index >= 15 is 0 Å². The second kappa shape index (κ2) is 9.65. The zero-order chi connectivity index (χ0) is 15.6. The maximum atomic E-state index is 11.4. The van der Waals surface area contributed by atoms with Crippen molar-refractivity contribution in [2.75, 3.05) is 27.2 Å². The van der Waals surface area contributed by atoms with Crippen LogP contribution in [0.2, 0.25) is 6.32 Å². The fourth-order valence-corrected chi connectivity index (χ4v) is 2.18. The Balaban J connectivity index is 0.00000242. The van der Waals surface area contributed by atoms with E-state index in [1.165, 1.54) is 6.07 Å². The number of carbonyl (C=O) groups is 1. The molecular formula is C13H18BNNa2O6. The van der Waals surface area contributed by atoms with Gasteiger partial charge in [-0.15, -0.1) is 0 Å². The van der Waals surface area contributed by atoms with Gasteiger partial charge < -0.3 is 34.2 Å². The Morgan fingerprint density at radius 3 is 2.61 bits per heavy atom. The molecule has 0 aromatic heterocycles. The first kappa shape index (κ1) is 23.2. The van der Waals surface area contributed by atoms with Crippen molar-refractivity contribution in [3.05, 3.63) is 23.3 Å². The predicted molar refractivity (Wildman–Crippen MR) is 74.2 cm³/mol. The predicted octanol–water partition coefficient (Wildman–Crippen LogP) is -7.14. The van der Waals surface area contributed by atoms with Crippen molar-refractivity contribution in [2.24, 2.45) is 0 Å². The molecule has 0 atom stereocenters. The quantitative estimate of drug-likeness (QED) is 0.513. The van der Waals surface area contributed by atoms with Crippen LogP contribution in [0.4, 0.5) is 0 Å². The van der Waals surface area contributed by atoms with E-state index in [1.54, 1.807) is 6.07 Å². The van der Waals surface area contributed by atoms with Gasteiger partial charge in [-0.1, -0.05) is 12.4 Å². The van der Waals surface area contributed by atoms with Crippen molar-refractivity contribution in [1.82, 2.24) is 4.90 Å². The van der Waals surface area contributed by atoms with Gasteiger partial charge in [-0.3, -0.25) is 0 Å². The molecule has 0 fully saturated rings. The summed E-state index contributed by atoms with van der Waals surface area (Å²) in [5, 5.41) is 30.6. The van der Waals surface area contributed by atoms with Gasteiger partial charge in [0.15, 0.2) is 0 Å². The second-order valence-electron chi connectivity index (χ2n) is 5.38. The average Bonchev–Trinajstić information content (AvgIpc) is 2.36. The molecule has 0 bridgehead atoms. The molecule has 0 spiro atoms. The van der Waals surface area contributed by atoms with E-state index in [0.29, 0.717) is 25.1 Å². The van der Waals surface area contributed by atoms with Crippen molar-refractivity contribution in [3.63, 3.8) is 0 Å². The van der Waals surface area contributed by atoms with E-state index in [4.69, 9.17) is 9.39 Å². The molecule has 0 amide bonds. The SMILES string of the molecule is CN(C)CCOc1ccc2c(c1C(=O)[O-])O[B-](O)(O)CC2.[Na+].[Na+]. The molecule has 23 heavy (non-hydrogen) atoms. The molecule has 10 heteroatoms. The Bertz CT molecular complexity index is 556. The van der Waals surface area contributed by atoms with Crippen LogP contribution in [0.3, 0.4) is 0 Å². The van der Waals surface area contributed by atoms with Crippen LogP contribution in [0.1, 0.15) is 15.9 Å². The smallest absolute Gasteiger partial charge is 0.669 e. The van der Waals surface area contributed by atoms with E-state index in [2.05, 4.69) is 0 Å². The van der Waals surface area contributed by atoms with E-state index in [-0.39, 0.29) is 82.5 Å². The van der Waals surface area contributed by atoms with Gasteiger partial charge in [-0.2, -0.15) is 0 Å². The van der Waals surface area contributed by atoms with Crippen molar-refractivity contribution >= 4 is 12.7 Å². The van der Waals surface area contributed by atoms with Crippen LogP contribution in [-0.2, 0) is 6.42 Å². The first-order valence-corrected chi connectivity index (χ1v) is 6.74. The molecule has 0 aliphatic carbocycles. The molecule has 0 saturated carbocycles. The number of carboxylic acids is 1. The van der Waals surface area contributed by atoms with Gasteiger partial charge in [-0.25, -0.2) is 0 Å². The monoisotopic (exact) mass is 341 g/mol. The third kappa shape index (κ3) is 6.23. The molecule has 2 N–H and O–H groups in total. The number of fused-ring (bicyclic) bond motifs is 1. The van der Waals surface area contributed by atoms with Crippen molar-refractivity contribution in [1.29, 1.82) is 0 Å². The summed E-state index contributed by atoms with van der Waals surface area (Å²) in [4.78, 5) is 13.3. The van der Waals surface area contributed by atoms with Crippen LogP contribution in [0.25, 0.3) is 0 Å². The molecule has 2 rings (SSSR count). The van der Waals surface area contributed by atoms with Gasteiger partial charge in [0.05, 0.1) is 17.3 Å². The van der Waals surface area contributed by atoms with Crippen molar-refractivity contribution in [2.45, 2.75) is 12.7 Å². The van der Waals surface area contributed by atoms with Gasteiger partial charge in [0.1, 0.15) is 12.4 Å². The van der Waals surface area contributed by atoms with Gasteiger partial charge >= 0.3 is 65.9 Å². The molecule has 1 aliphatic heterocycles. The van der Waals surface area contributed by atoms with Crippen LogP contribution < -0.4 is 73.6 Å². The zero-order valence-corrected chi connectivity index (χ0v) is 18.0. The molecule has 1 aromatic carbocycles. The van der Waals surface area contributed by atoms with Gasteiger partial charge in [0.2, 0.25) is 0 Å². The molecule has 116 valence electrons. The molecule has 1 heterocycles. The van der Waals surface area contributed by atoms with E-state index in [0.717, 1.165) is 0 Å². The molecule has 0 radical (unpaired) electrons. The molecule has 0 unspecified atom stereocenters. The summed E-state index contributed by atoms with van der Waals surface area (Å²) in [6.45, 7) is -2.14. The number of carboxylic acid groups (broad SMARTS) is 1. The number of aryl methyl sites for hydroxylation is 1. The minimum Gasteiger partial charge on any atom is -0.669 e. The molecule has 1 aliphatic rings. The van der Waals surface area contributed by atoms with E-state index in [9.17, 15) is 19.9 Å². The third-order valence-electron chi connectivity index (χ3n) is 3.30. The topological polar surface area (TPSA) is 102 Å². The average molecular weight is 341 g/mol.